The van der Waals surface area contributed by atoms with E-state index < -0.39 is 6.36 Å². The molecule has 0 unspecified atom stereocenters. The first-order valence-corrected chi connectivity index (χ1v) is 6.11. The highest BCUT2D eigenvalue weighted by atomic mass is 19.4. The average Bonchev–Trinajstić information content (AvgIpc) is 2.37. The van der Waals surface area contributed by atoms with Crippen LogP contribution in [0.2, 0.25) is 0 Å². The van der Waals surface area contributed by atoms with Gasteiger partial charge in [-0.05, 0) is 18.6 Å². The monoisotopic (exact) mass is 298 g/mol. The zero-order chi connectivity index (χ0) is 15.5. The number of nitrogen functional groups attached to an aromatic ring is 1. The minimum absolute atomic E-state index is 0.312. The molecule has 3 N–H and O–H groups in total. The summed E-state index contributed by atoms with van der Waals surface area (Å²) in [5.41, 5.74) is 6.84. The lowest BCUT2D eigenvalue weighted by molar-refractivity contribution is -0.274. The molecule has 0 aliphatic carbocycles. The number of alkyl halides is 3. The third-order valence-electron chi connectivity index (χ3n) is 2.66. The molecule has 21 heavy (non-hydrogen) atoms. The molecular weight excluding hydrogens is 285 g/mol. The van der Waals surface area contributed by atoms with Crippen LogP contribution in [-0.4, -0.2) is 16.3 Å². The topological polar surface area (TPSA) is 73.1 Å². The van der Waals surface area contributed by atoms with Crippen molar-refractivity contribution in [3.8, 4) is 5.75 Å². The highest BCUT2D eigenvalue weighted by Crippen LogP contribution is 2.27. The van der Waals surface area contributed by atoms with Crippen LogP contribution in [0.25, 0.3) is 0 Å². The van der Waals surface area contributed by atoms with Gasteiger partial charge in [0.15, 0.2) is 0 Å². The molecular formula is C13H13F3N4O. The Kier molecular flexibility index (Phi) is 4.15. The van der Waals surface area contributed by atoms with Crippen LogP contribution >= 0.6 is 0 Å². The van der Waals surface area contributed by atoms with Crippen LogP contribution in [-0.2, 0) is 6.42 Å². The second-order valence-corrected chi connectivity index (χ2v) is 4.14. The number of aromatic nitrogens is 2. The summed E-state index contributed by atoms with van der Waals surface area (Å²) in [6, 6.07) is 5.49. The first kappa shape index (κ1) is 14.9. The molecule has 1 heterocycles. The molecule has 2 aromatic rings. The average molecular weight is 298 g/mol. The van der Waals surface area contributed by atoms with E-state index in [2.05, 4.69) is 20.0 Å². The van der Waals surface area contributed by atoms with Crippen molar-refractivity contribution in [3.05, 3.63) is 36.2 Å². The molecule has 0 atom stereocenters. The Balaban J connectivity index is 2.24. The Labute approximate surface area is 119 Å². The van der Waals surface area contributed by atoms with Crippen LogP contribution in [0, 0.1) is 0 Å². The second kappa shape index (κ2) is 5.86. The maximum atomic E-state index is 12.2. The van der Waals surface area contributed by atoms with Gasteiger partial charge in [-0.1, -0.05) is 13.0 Å². The fourth-order valence-electron chi connectivity index (χ4n) is 1.79. The molecule has 0 aliphatic rings. The number of nitrogens with zero attached hydrogens (tertiary/aromatic N) is 2. The van der Waals surface area contributed by atoms with E-state index in [0.717, 1.165) is 0 Å². The minimum atomic E-state index is -4.73. The molecule has 0 saturated carbocycles. The fourth-order valence-corrected chi connectivity index (χ4v) is 1.79. The van der Waals surface area contributed by atoms with E-state index in [9.17, 15) is 13.2 Å². The van der Waals surface area contributed by atoms with Crippen LogP contribution in [0.1, 0.15) is 12.5 Å². The normalized spacial score (nSPS) is 11.2. The quantitative estimate of drug-likeness (QED) is 0.906. The van der Waals surface area contributed by atoms with E-state index in [1.165, 1.54) is 24.5 Å². The second-order valence-electron chi connectivity index (χ2n) is 4.14. The molecule has 0 fully saturated rings. The summed E-state index contributed by atoms with van der Waals surface area (Å²) >= 11 is 0. The Morgan fingerprint density at radius 3 is 2.71 bits per heavy atom. The van der Waals surface area contributed by atoms with Crippen molar-refractivity contribution in [1.29, 1.82) is 0 Å². The zero-order valence-corrected chi connectivity index (χ0v) is 11.1. The van der Waals surface area contributed by atoms with Gasteiger partial charge in [0.05, 0.1) is 0 Å². The van der Waals surface area contributed by atoms with Crippen molar-refractivity contribution in [2.45, 2.75) is 19.7 Å². The zero-order valence-electron chi connectivity index (χ0n) is 11.1. The van der Waals surface area contributed by atoms with E-state index in [1.54, 1.807) is 6.07 Å². The molecule has 112 valence electrons. The predicted molar refractivity (Wildman–Crippen MR) is 72.2 cm³/mol. The van der Waals surface area contributed by atoms with E-state index in [1.807, 2.05) is 6.92 Å². The van der Waals surface area contributed by atoms with Crippen LogP contribution in [0.15, 0.2) is 30.6 Å². The molecule has 0 aliphatic heterocycles. The van der Waals surface area contributed by atoms with Gasteiger partial charge in [-0.2, -0.15) is 0 Å². The summed E-state index contributed by atoms with van der Waals surface area (Å²) in [7, 11) is 0. The van der Waals surface area contributed by atoms with Crippen molar-refractivity contribution in [1.82, 2.24) is 9.97 Å². The predicted octanol–water partition coefficient (Wildman–Crippen LogP) is 3.26. The van der Waals surface area contributed by atoms with Crippen molar-refractivity contribution < 1.29 is 17.9 Å². The number of benzene rings is 1. The number of hydrogen-bond donors (Lipinski definition) is 2. The number of hydrogen-bond acceptors (Lipinski definition) is 5. The van der Waals surface area contributed by atoms with Gasteiger partial charge in [0.2, 0.25) is 0 Å². The van der Waals surface area contributed by atoms with E-state index in [4.69, 9.17) is 5.73 Å². The number of anilines is 3. The van der Waals surface area contributed by atoms with Crippen molar-refractivity contribution >= 4 is 17.3 Å². The summed E-state index contributed by atoms with van der Waals surface area (Å²) < 4.78 is 40.4. The molecule has 0 bridgehead atoms. The maximum Gasteiger partial charge on any atom is 0.573 e. The molecule has 2 rings (SSSR count). The lowest BCUT2D eigenvalue weighted by Gasteiger charge is -2.13. The third-order valence-corrected chi connectivity index (χ3v) is 2.66. The highest BCUT2D eigenvalue weighted by molar-refractivity contribution is 5.64. The molecule has 8 heteroatoms. The third kappa shape index (κ3) is 3.98. The summed E-state index contributed by atoms with van der Waals surface area (Å²) in [5, 5.41) is 2.91. The van der Waals surface area contributed by atoms with Gasteiger partial charge in [-0.3, -0.25) is 0 Å². The molecule has 1 aromatic carbocycles. The lowest BCUT2D eigenvalue weighted by Crippen LogP contribution is -2.17. The Morgan fingerprint density at radius 2 is 2.05 bits per heavy atom. The fraction of sp³-hybridized carbons (Fsp3) is 0.231. The summed E-state index contributed by atoms with van der Waals surface area (Å²) in [4.78, 5) is 7.92. The highest BCUT2D eigenvalue weighted by Gasteiger charge is 2.31. The van der Waals surface area contributed by atoms with Crippen LogP contribution in [0.4, 0.5) is 30.5 Å². The van der Waals surface area contributed by atoms with Crippen molar-refractivity contribution in [3.63, 3.8) is 0 Å². The lowest BCUT2D eigenvalue weighted by atomic mass is 10.2. The van der Waals surface area contributed by atoms with E-state index in [-0.39, 0.29) is 5.75 Å². The number of nitrogens with one attached hydrogen (secondary N) is 1. The maximum absolute atomic E-state index is 12.2. The molecule has 0 spiro atoms. The van der Waals surface area contributed by atoms with Gasteiger partial charge in [0, 0.05) is 17.3 Å². The van der Waals surface area contributed by atoms with Gasteiger partial charge >= 0.3 is 6.36 Å². The first-order chi connectivity index (χ1) is 9.89. The molecule has 0 radical (unpaired) electrons. The van der Waals surface area contributed by atoms with Gasteiger partial charge in [0.25, 0.3) is 0 Å². The summed E-state index contributed by atoms with van der Waals surface area (Å²) in [6.07, 6.45) is -2.85. The van der Waals surface area contributed by atoms with Crippen LogP contribution in [0.5, 0.6) is 5.75 Å². The van der Waals surface area contributed by atoms with Gasteiger partial charge < -0.3 is 15.8 Å². The number of halogens is 3. The molecule has 5 nitrogen and oxygen atoms in total. The van der Waals surface area contributed by atoms with Gasteiger partial charge in [-0.15, -0.1) is 13.2 Å². The van der Waals surface area contributed by atoms with Crippen LogP contribution < -0.4 is 15.8 Å². The Morgan fingerprint density at radius 1 is 1.29 bits per heavy atom. The SMILES string of the molecule is CCc1c(N)ncnc1Nc1cccc(OC(F)(F)F)c1. The Bertz CT molecular complexity index is 631. The summed E-state index contributed by atoms with van der Waals surface area (Å²) in [6.45, 7) is 1.88. The smallest absolute Gasteiger partial charge is 0.406 e. The number of rotatable bonds is 4. The summed E-state index contributed by atoms with van der Waals surface area (Å²) in [5.74, 6) is 0.472. The van der Waals surface area contributed by atoms with Crippen molar-refractivity contribution in [2.24, 2.45) is 0 Å². The molecule has 0 amide bonds. The molecule has 1 aromatic heterocycles. The first-order valence-electron chi connectivity index (χ1n) is 6.11. The largest absolute Gasteiger partial charge is 0.573 e. The van der Waals surface area contributed by atoms with Crippen LogP contribution in [0.3, 0.4) is 0 Å². The van der Waals surface area contributed by atoms with Gasteiger partial charge in [-0.25, -0.2) is 9.97 Å². The molecule has 0 saturated heterocycles. The number of ether oxygens (including phenoxy) is 1. The minimum Gasteiger partial charge on any atom is -0.406 e. The van der Waals surface area contributed by atoms with E-state index in [0.29, 0.717) is 29.3 Å². The van der Waals surface area contributed by atoms with Crippen molar-refractivity contribution in [2.75, 3.05) is 11.1 Å². The Hall–Kier alpha value is -2.51. The van der Waals surface area contributed by atoms with Gasteiger partial charge in [0.1, 0.15) is 23.7 Å². The number of nitrogens with two attached hydrogens (primary N) is 1. The standard InChI is InChI=1S/C13H13F3N4O/c1-2-10-11(17)18-7-19-12(10)20-8-4-3-5-9(6-8)21-13(14,15)16/h3-7H,2H2,1H3,(H3,17,18,19,20). The van der Waals surface area contributed by atoms with E-state index >= 15 is 0 Å².